The average molecular weight is 265 g/mol. The van der Waals surface area contributed by atoms with Crippen molar-refractivity contribution < 1.29 is 22.7 Å². The Kier molecular flexibility index (Phi) is 3.59. The van der Waals surface area contributed by atoms with Crippen molar-refractivity contribution in [2.75, 3.05) is 5.73 Å². The fourth-order valence-electron chi connectivity index (χ4n) is 1.19. The summed E-state index contributed by atoms with van der Waals surface area (Å²) in [6.07, 6.45) is -3.57. The molecule has 0 fully saturated rings. The van der Waals surface area contributed by atoms with Crippen molar-refractivity contribution >= 4 is 11.8 Å². The van der Waals surface area contributed by atoms with Crippen molar-refractivity contribution in [2.24, 2.45) is 0 Å². The summed E-state index contributed by atoms with van der Waals surface area (Å²) < 4.78 is 42.2. The maximum atomic E-state index is 12.2. The smallest absolute Gasteiger partial charge is 0.406 e. The highest BCUT2D eigenvalue weighted by atomic mass is 19.4. The molecule has 0 aliphatic carbocycles. The normalized spacial score (nSPS) is 12.6. The van der Waals surface area contributed by atoms with Crippen LogP contribution < -0.4 is 5.73 Å². The molecule has 1 aromatic rings. The Hall–Kier alpha value is -1.73. The van der Waals surface area contributed by atoms with Crippen LogP contribution in [0.5, 0.6) is 0 Å². The van der Waals surface area contributed by atoms with Crippen LogP contribution in [0.4, 0.5) is 19.0 Å². The van der Waals surface area contributed by atoms with E-state index in [1.807, 2.05) is 0 Å². The number of rotatable bonds is 2. The molecule has 0 atom stereocenters. The second kappa shape index (κ2) is 4.51. The van der Waals surface area contributed by atoms with E-state index in [-0.39, 0.29) is 11.5 Å². The SMILES string of the molecule is CC(C)(C)OC(=O)c1ncn(CC(F)(F)F)c1N. The van der Waals surface area contributed by atoms with Gasteiger partial charge in [-0.1, -0.05) is 0 Å². The predicted molar refractivity (Wildman–Crippen MR) is 57.9 cm³/mol. The van der Waals surface area contributed by atoms with Gasteiger partial charge in [0.15, 0.2) is 5.69 Å². The number of nitrogen functional groups attached to an aromatic ring is 1. The van der Waals surface area contributed by atoms with Gasteiger partial charge < -0.3 is 15.0 Å². The molecule has 1 rings (SSSR count). The fourth-order valence-corrected chi connectivity index (χ4v) is 1.19. The number of esters is 1. The Bertz CT molecular complexity index is 446. The van der Waals surface area contributed by atoms with Gasteiger partial charge in [0, 0.05) is 0 Å². The van der Waals surface area contributed by atoms with Gasteiger partial charge >= 0.3 is 12.1 Å². The highest BCUT2D eigenvalue weighted by molar-refractivity contribution is 5.92. The van der Waals surface area contributed by atoms with E-state index in [1.165, 1.54) is 0 Å². The van der Waals surface area contributed by atoms with E-state index in [1.54, 1.807) is 20.8 Å². The van der Waals surface area contributed by atoms with Crippen molar-refractivity contribution in [3.8, 4) is 0 Å². The molecule has 8 heteroatoms. The van der Waals surface area contributed by atoms with Gasteiger partial charge in [0.2, 0.25) is 0 Å². The lowest BCUT2D eigenvalue weighted by molar-refractivity contribution is -0.140. The summed E-state index contributed by atoms with van der Waals surface area (Å²) in [5.41, 5.74) is 4.35. The van der Waals surface area contributed by atoms with Crippen LogP contribution >= 0.6 is 0 Å². The lowest BCUT2D eigenvalue weighted by Gasteiger charge is -2.18. The van der Waals surface area contributed by atoms with Crippen LogP contribution in [0.1, 0.15) is 31.3 Å². The monoisotopic (exact) mass is 265 g/mol. The summed E-state index contributed by atoms with van der Waals surface area (Å²) >= 11 is 0. The topological polar surface area (TPSA) is 70.1 Å². The minimum atomic E-state index is -4.43. The number of aromatic nitrogens is 2. The molecule has 0 saturated heterocycles. The van der Waals surface area contributed by atoms with Crippen molar-refractivity contribution in [3.05, 3.63) is 12.0 Å². The Morgan fingerprint density at radius 2 is 2.00 bits per heavy atom. The number of imidazole rings is 1. The molecular formula is C10H14F3N3O2. The van der Waals surface area contributed by atoms with Crippen LogP contribution in [-0.4, -0.2) is 27.3 Å². The second-order valence-electron chi connectivity index (χ2n) is 4.72. The van der Waals surface area contributed by atoms with Gasteiger partial charge in [-0.25, -0.2) is 9.78 Å². The zero-order valence-corrected chi connectivity index (χ0v) is 10.2. The Morgan fingerprint density at radius 3 is 2.44 bits per heavy atom. The second-order valence-corrected chi connectivity index (χ2v) is 4.72. The first-order chi connectivity index (χ1) is 7.99. The molecule has 0 radical (unpaired) electrons. The van der Waals surface area contributed by atoms with Crippen molar-refractivity contribution in [2.45, 2.75) is 39.1 Å². The van der Waals surface area contributed by atoms with E-state index in [0.717, 1.165) is 6.33 Å². The summed E-state index contributed by atoms with van der Waals surface area (Å²) in [6.45, 7) is 3.60. The summed E-state index contributed by atoms with van der Waals surface area (Å²) in [5, 5.41) is 0. The lowest BCUT2D eigenvalue weighted by Crippen LogP contribution is -2.25. The third-order valence-electron chi connectivity index (χ3n) is 1.82. The van der Waals surface area contributed by atoms with Gasteiger partial charge in [-0.2, -0.15) is 13.2 Å². The number of carbonyl (C=O) groups excluding carboxylic acids is 1. The van der Waals surface area contributed by atoms with Crippen LogP contribution in [0, 0.1) is 0 Å². The summed E-state index contributed by atoms with van der Waals surface area (Å²) in [6, 6.07) is 0. The number of nitrogens with zero attached hydrogens (tertiary/aromatic N) is 2. The first kappa shape index (κ1) is 14.3. The molecule has 0 aliphatic rings. The number of carbonyl (C=O) groups is 1. The van der Waals surface area contributed by atoms with Gasteiger partial charge in [-0.05, 0) is 20.8 Å². The molecule has 0 spiro atoms. The number of ether oxygens (including phenoxy) is 1. The van der Waals surface area contributed by atoms with E-state index >= 15 is 0 Å². The third kappa shape index (κ3) is 3.94. The molecule has 0 unspecified atom stereocenters. The molecule has 0 saturated carbocycles. The van der Waals surface area contributed by atoms with Crippen molar-refractivity contribution in [1.82, 2.24) is 9.55 Å². The van der Waals surface area contributed by atoms with E-state index in [2.05, 4.69) is 4.98 Å². The third-order valence-corrected chi connectivity index (χ3v) is 1.82. The summed E-state index contributed by atoms with van der Waals surface area (Å²) in [7, 11) is 0. The molecule has 0 bridgehead atoms. The number of anilines is 1. The summed E-state index contributed by atoms with van der Waals surface area (Å²) in [4.78, 5) is 15.1. The molecule has 18 heavy (non-hydrogen) atoms. The predicted octanol–water partition coefficient (Wildman–Crippen LogP) is 1.98. The Morgan fingerprint density at radius 1 is 1.44 bits per heavy atom. The van der Waals surface area contributed by atoms with Gasteiger partial charge in [0.1, 0.15) is 18.0 Å². The molecule has 1 aromatic heterocycles. The number of halogens is 3. The maximum absolute atomic E-state index is 12.2. The molecule has 0 aliphatic heterocycles. The highest BCUT2D eigenvalue weighted by Gasteiger charge is 2.31. The van der Waals surface area contributed by atoms with Gasteiger partial charge in [-0.15, -0.1) is 0 Å². The van der Waals surface area contributed by atoms with Gasteiger partial charge in [0.25, 0.3) is 0 Å². The minimum Gasteiger partial charge on any atom is -0.455 e. The Labute approximate surface area is 102 Å². The highest BCUT2D eigenvalue weighted by Crippen LogP contribution is 2.22. The molecule has 1 heterocycles. The average Bonchev–Trinajstić information content (AvgIpc) is 2.42. The lowest BCUT2D eigenvalue weighted by atomic mass is 10.2. The Balaban J connectivity index is 2.90. The standard InChI is InChI=1S/C10H14F3N3O2/c1-9(2,3)18-8(17)6-7(14)16(5-15-6)4-10(11,12)13/h5H,4,14H2,1-3H3. The van der Waals surface area contributed by atoms with Crippen molar-refractivity contribution in [1.29, 1.82) is 0 Å². The molecule has 5 nitrogen and oxygen atoms in total. The van der Waals surface area contributed by atoms with Crippen LogP contribution in [0.2, 0.25) is 0 Å². The zero-order valence-electron chi connectivity index (χ0n) is 10.2. The summed E-state index contributed by atoms with van der Waals surface area (Å²) in [5.74, 6) is -1.21. The van der Waals surface area contributed by atoms with E-state index in [0.29, 0.717) is 4.57 Å². The van der Waals surface area contributed by atoms with E-state index in [9.17, 15) is 18.0 Å². The van der Waals surface area contributed by atoms with Crippen LogP contribution in [0.3, 0.4) is 0 Å². The maximum Gasteiger partial charge on any atom is 0.406 e. The van der Waals surface area contributed by atoms with Crippen LogP contribution in [0.15, 0.2) is 6.33 Å². The largest absolute Gasteiger partial charge is 0.455 e. The number of alkyl halides is 3. The van der Waals surface area contributed by atoms with E-state index in [4.69, 9.17) is 10.5 Å². The fraction of sp³-hybridized carbons (Fsp3) is 0.600. The van der Waals surface area contributed by atoms with Gasteiger partial charge in [-0.3, -0.25) is 0 Å². The molecular weight excluding hydrogens is 251 g/mol. The number of nitrogens with two attached hydrogens (primary N) is 1. The number of hydrogen-bond donors (Lipinski definition) is 1. The first-order valence-corrected chi connectivity index (χ1v) is 5.10. The molecule has 102 valence electrons. The van der Waals surface area contributed by atoms with Crippen LogP contribution in [0.25, 0.3) is 0 Å². The quantitative estimate of drug-likeness (QED) is 0.830. The minimum absolute atomic E-state index is 0.311. The van der Waals surface area contributed by atoms with Crippen molar-refractivity contribution in [3.63, 3.8) is 0 Å². The molecule has 0 aromatic carbocycles. The molecule has 2 N–H and O–H groups in total. The van der Waals surface area contributed by atoms with Gasteiger partial charge in [0.05, 0.1) is 6.33 Å². The van der Waals surface area contributed by atoms with E-state index < -0.39 is 24.3 Å². The first-order valence-electron chi connectivity index (χ1n) is 5.10. The molecule has 0 amide bonds. The van der Waals surface area contributed by atoms with Crippen LogP contribution in [-0.2, 0) is 11.3 Å². The zero-order chi connectivity index (χ0) is 14.1. The number of hydrogen-bond acceptors (Lipinski definition) is 4.